The minimum atomic E-state index is 0.909. The molecule has 0 aliphatic heterocycles. The lowest BCUT2D eigenvalue weighted by molar-refractivity contribution is 0.937. The zero-order valence-corrected chi connectivity index (χ0v) is 8.71. The van der Waals surface area contributed by atoms with Crippen LogP contribution in [0.3, 0.4) is 0 Å². The molecule has 1 rings (SSSR count). The second-order valence-electron chi connectivity index (χ2n) is 2.59. The fourth-order valence-electron chi connectivity index (χ4n) is 0.886. The van der Waals surface area contributed by atoms with Crippen LogP contribution >= 0.6 is 15.9 Å². The predicted octanol–water partition coefficient (Wildman–Crippen LogP) is 3.28. The summed E-state index contributed by atoms with van der Waals surface area (Å²) in [5.41, 5.74) is 1.15. The molecule has 64 valence electrons. The third-order valence-electron chi connectivity index (χ3n) is 1.44. The monoisotopic (exact) mass is 225 g/mol. The first-order chi connectivity index (χ1) is 5.83. The Morgan fingerprint density at radius 2 is 2.33 bits per heavy atom. The Kier molecular flexibility index (Phi) is 4.01. The van der Waals surface area contributed by atoms with Gasteiger partial charge in [-0.15, -0.1) is 0 Å². The standard InChI is InChI=1S/C10H12BrN/c1-2-6-12-8-9-4-3-5-10(11)7-9/h3-5,7-8H,2,6H2,1H3. The van der Waals surface area contributed by atoms with Gasteiger partial charge in [0.1, 0.15) is 0 Å². The van der Waals surface area contributed by atoms with Crippen LogP contribution < -0.4 is 0 Å². The van der Waals surface area contributed by atoms with E-state index in [1.807, 2.05) is 24.4 Å². The average Bonchev–Trinajstić information content (AvgIpc) is 2.05. The summed E-state index contributed by atoms with van der Waals surface area (Å²) in [4.78, 5) is 4.26. The van der Waals surface area contributed by atoms with Crippen molar-refractivity contribution in [3.05, 3.63) is 34.3 Å². The Bertz CT molecular complexity index is 268. The second kappa shape index (κ2) is 5.09. The minimum absolute atomic E-state index is 0.909. The molecule has 0 aliphatic carbocycles. The predicted molar refractivity (Wildman–Crippen MR) is 56.9 cm³/mol. The highest BCUT2D eigenvalue weighted by atomic mass is 79.9. The van der Waals surface area contributed by atoms with E-state index in [-0.39, 0.29) is 0 Å². The normalized spacial score (nSPS) is 10.8. The first-order valence-electron chi connectivity index (χ1n) is 4.08. The van der Waals surface area contributed by atoms with Crippen molar-refractivity contribution in [1.29, 1.82) is 0 Å². The van der Waals surface area contributed by atoms with E-state index in [0.29, 0.717) is 0 Å². The molecule has 0 fully saturated rings. The van der Waals surface area contributed by atoms with Crippen LogP contribution in [0, 0.1) is 0 Å². The molecule has 0 spiro atoms. The molecule has 1 aromatic carbocycles. The molecule has 0 bridgehead atoms. The van der Waals surface area contributed by atoms with Crippen molar-refractivity contribution in [3.8, 4) is 0 Å². The van der Waals surface area contributed by atoms with Gasteiger partial charge < -0.3 is 0 Å². The maximum absolute atomic E-state index is 4.26. The zero-order chi connectivity index (χ0) is 8.81. The van der Waals surface area contributed by atoms with E-state index < -0.39 is 0 Å². The van der Waals surface area contributed by atoms with Gasteiger partial charge in [-0.05, 0) is 24.1 Å². The van der Waals surface area contributed by atoms with Gasteiger partial charge in [-0.2, -0.15) is 0 Å². The first kappa shape index (κ1) is 9.46. The van der Waals surface area contributed by atoms with Crippen LogP contribution in [0.1, 0.15) is 18.9 Å². The lowest BCUT2D eigenvalue weighted by atomic mass is 10.2. The summed E-state index contributed by atoms with van der Waals surface area (Å²) in [6.45, 7) is 3.03. The average molecular weight is 226 g/mol. The highest BCUT2D eigenvalue weighted by Gasteiger charge is 1.87. The molecule has 0 saturated heterocycles. The van der Waals surface area contributed by atoms with Gasteiger partial charge >= 0.3 is 0 Å². The zero-order valence-electron chi connectivity index (χ0n) is 7.13. The van der Waals surface area contributed by atoms with Crippen molar-refractivity contribution in [2.45, 2.75) is 13.3 Å². The van der Waals surface area contributed by atoms with Crippen LogP contribution in [0.2, 0.25) is 0 Å². The molecule has 0 heterocycles. The summed E-state index contributed by atoms with van der Waals surface area (Å²) in [5.74, 6) is 0. The largest absolute Gasteiger partial charge is 0.293 e. The molecule has 0 aliphatic rings. The van der Waals surface area contributed by atoms with Gasteiger partial charge in [-0.3, -0.25) is 4.99 Å². The molecular weight excluding hydrogens is 214 g/mol. The number of halogens is 1. The molecule has 0 unspecified atom stereocenters. The van der Waals surface area contributed by atoms with E-state index in [1.54, 1.807) is 0 Å². The highest BCUT2D eigenvalue weighted by molar-refractivity contribution is 9.10. The molecule has 1 aromatic rings. The van der Waals surface area contributed by atoms with Gasteiger partial charge in [0.2, 0.25) is 0 Å². The maximum atomic E-state index is 4.26. The number of rotatable bonds is 3. The van der Waals surface area contributed by atoms with Crippen LogP contribution in [0.5, 0.6) is 0 Å². The number of benzene rings is 1. The maximum Gasteiger partial charge on any atom is 0.0386 e. The quantitative estimate of drug-likeness (QED) is 0.701. The van der Waals surface area contributed by atoms with Gasteiger partial charge in [0.15, 0.2) is 0 Å². The summed E-state index contributed by atoms with van der Waals surface area (Å²) in [5, 5.41) is 0. The van der Waals surface area contributed by atoms with Crippen LogP contribution in [0.4, 0.5) is 0 Å². The number of hydrogen-bond acceptors (Lipinski definition) is 1. The first-order valence-corrected chi connectivity index (χ1v) is 4.87. The van der Waals surface area contributed by atoms with Crippen molar-refractivity contribution in [2.24, 2.45) is 4.99 Å². The van der Waals surface area contributed by atoms with Crippen molar-refractivity contribution < 1.29 is 0 Å². The molecule has 2 heteroatoms. The molecule has 12 heavy (non-hydrogen) atoms. The molecule has 0 aromatic heterocycles. The summed E-state index contributed by atoms with van der Waals surface area (Å²) >= 11 is 3.41. The van der Waals surface area contributed by atoms with E-state index in [2.05, 4.69) is 33.9 Å². The SMILES string of the molecule is CCCN=Cc1cccc(Br)c1. The van der Waals surface area contributed by atoms with E-state index in [4.69, 9.17) is 0 Å². The Labute approximate surface area is 81.7 Å². The number of nitrogens with zero attached hydrogens (tertiary/aromatic N) is 1. The summed E-state index contributed by atoms with van der Waals surface area (Å²) < 4.78 is 1.10. The van der Waals surface area contributed by atoms with Gasteiger partial charge in [0, 0.05) is 17.2 Å². The van der Waals surface area contributed by atoms with Gasteiger partial charge in [-0.1, -0.05) is 35.0 Å². The highest BCUT2D eigenvalue weighted by Crippen LogP contribution is 2.09. The van der Waals surface area contributed by atoms with E-state index in [9.17, 15) is 0 Å². The van der Waals surface area contributed by atoms with E-state index in [0.717, 1.165) is 23.0 Å². The molecule has 1 nitrogen and oxygen atoms in total. The van der Waals surface area contributed by atoms with Crippen molar-refractivity contribution in [2.75, 3.05) is 6.54 Å². The second-order valence-corrected chi connectivity index (χ2v) is 3.51. The Balaban J connectivity index is 2.63. The van der Waals surface area contributed by atoms with Crippen LogP contribution in [-0.4, -0.2) is 12.8 Å². The van der Waals surface area contributed by atoms with Crippen LogP contribution in [0.25, 0.3) is 0 Å². The minimum Gasteiger partial charge on any atom is -0.293 e. The van der Waals surface area contributed by atoms with Gasteiger partial charge in [0.05, 0.1) is 0 Å². The molecule has 0 amide bonds. The fraction of sp³-hybridized carbons (Fsp3) is 0.300. The van der Waals surface area contributed by atoms with Crippen molar-refractivity contribution >= 4 is 22.1 Å². The summed E-state index contributed by atoms with van der Waals surface area (Å²) in [7, 11) is 0. The van der Waals surface area contributed by atoms with Crippen molar-refractivity contribution in [1.82, 2.24) is 0 Å². The summed E-state index contributed by atoms with van der Waals surface area (Å²) in [6.07, 6.45) is 3.01. The van der Waals surface area contributed by atoms with E-state index >= 15 is 0 Å². The lowest BCUT2D eigenvalue weighted by Gasteiger charge is -1.93. The Morgan fingerprint density at radius 3 is 3.00 bits per heavy atom. The van der Waals surface area contributed by atoms with Gasteiger partial charge in [0.25, 0.3) is 0 Å². The van der Waals surface area contributed by atoms with E-state index in [1.165, 1.54) is 0 Å². The Morgan fingerprint density at radius 1 is 1.50 bits per heavy atom. The summed E-state index contributed by atoms with van der Waals surface area (Å²) in [6, 6.07) is 8.12. The Hall–Kier alpha value is -0.630. The molecule has 0 atom stereocenters. The molecule has 0 radical (unpaired) electrons. The topological polar surface area (TPSA) is 12.4 Å². The number of aliphatic imine (C=N–C) groups is 1. The third-order valence-corrected chi connectivity index (χ3v) is 1.93. The van der Waals surface area contributed by atoms with Crippen LogP contribution in [-0.2, 0) is 0 Å². The third kappa shape index (κ3) is 3.18. The molecule has 0 N–H and O–H groups in total. The van der Waals surface area contributed by atoms with Crippen molar-refractivity contribution in [3.63, 3.8) is 0 Å². The van der Waals surface area contributed by atoms with Gasteiger partial charge in [-0.25, -0.2) is 0 Å². The van der Waals surface area contributed by atoms with Crippen LogP contribution in [0.15, 0.2) is 33.7 Å². The fourth-order valence-corrected chi connectivity index (χ4v) is 1.30. The molecular formula is C10H12BrN. The molecule has 0 saturated carbocycles. The lowest BCUT2D eigenvalue weighted by Crippen LogP contribution is -1.82. The number of hydrogen-bond donors (Lipinski definition) is 0. The smallest absolute Gasteiger partial charge is 0.0386 e.